The van der Waals surface area contributed by atoms with E-state index in [1.807, 2.05) is 24.0 Å². The predicted octanol–water partition coefficient (Wildman–Crippen LogP) is 2.14. The molecular formula is C15H22N4. The lowest BCUT2D eigenvalue weighted by Gasteiger charge is -2.07. The minimum absolute atomic E-state index is 0.163. The fraction of sp³-hybridized carbons (Fsp3) is 0.467. The van der Waals surface area contributed by atoms with E-state index in [4.69, 9.17) is 5.73 Å². The van der Waals surface area contributed by atoms with Crippen LogP contribution in [-0.2, 0) is 13.0 Å². The van der Waals surface area contributed by atoms with E-state index in [1.165, 1.54) is 22.4 Å². The van der Waals surface area contributed by atoms with Crippen molar-refractivity contribution in [2.75, 3.05) is 0 Å². The van der Waals surface area contributed by atoms with Crippen molar-refractivity contribution in [1.82, 2.24) is 14.8 Å². The van der Waals surface area contributed by atoms with Crippen molar-refractivity contribution < 1.29 is 0 Å². The van der Waals surface area contributed by atoms with Gasteiger partial charge in [-0.3, -0.25) is 9.67 Å². The van der Waals surface area contributed by atoms with E-state index in [0.717, 1.165) is 18.7 Å². The lowest BCUT2D eigenvalue weighted by Crippen LogP contribution is -2.18. The van der Waals surface area contributed by atoms with Gasteiger partial charge in [-0.15, -0.1) is 0 Å². The van der Waals surface area contributed by atoms with Crippen molar-refractivity contribution in [3.8, 4) is 0 Å². The second-order valence-corrected chi connectivity index (χ2v) is 5.36. The maximum atomic E-state index is 5.90. The first-order valence-electron chi connectivity index (χ1n) is 6.66. The van der Waals surface area contributed by atoms with E-state index < -0.39 is 0 Å². The zero-order valence-electron chi connectivity index (χ0n) is 12.1. The Bertz CT molecular complexity index is 570. The Hall–Kier alpha value is -1.68. The van der Waals surface area contributed by atoms with Crippen LogP contribution in [0.25, 0.3) is 0 Å². The molecule has 4 heteroatoms. The van der Waals surface area contributed by atoms with Crippen LogP contribution < -0.4 is 5.73 Å². The Morgan fingerprint density at radius 2 is 2.00 bits per heavy atom. The Labute approximate surface area is 114 Å². The van der Waals surface area contributed by atoms with Crippen LogP contribution in [0.5, 0.6) is 0 Å². The van der Waals surface area contributed by atoms with Crippen LogP contribution in [0.4, 0.5) is 0 Å². The molecule has 2 aromatic heterocycles. The molecule has 0 saturated carbocycles. The third kappa shape index (κ3) is 3.20. The Kier molecular flexibility index (Phi) is 4.00. The van der Waals surface area contributed by atoms with Crippen molar-refractivity contribution in [1.29, 1.82) is 0 Å². The van der Waals surface area contributed by atoms with Crippen LogP contribution in [0.3, 0.4) is 0 Å². The molecule has 0 aliphatic carbocycles. The van der Waals surface area contributed by atoms with Crippen LogP contribution in [-0.4, -0.2) is 20.8 Å². The standard InChI is InChI=1S/C15H22N4/c1-10-5-14(8-17-7-10)9-19-13(4)15(6-11(2)16)12(3)18-19/h5,7-8,11H,6,9,16H2,1-4H3. The summed E-state index contributed by atoms with van der Waals surface area (Å²) in [5.74, 6) is 0. The second kappa shape index (κ2) is 5.53. The first-order chi connectivity index (χ1) is 8.97. The van der Waals surface area contributed by atoms with E-state index >= 15 is 0 Å². The molecule has 0 aliphatic heterocycles. The lowest BCUT2D eigenvalue weighted by atomic mass is 10.1. The van der Waals surface area contributed by atoms with E-state index in [0.29, 0.717) is 0 Å². The monoisotopic (exact) mass is 258 g/mol. The first kappa shape index (κ1) is 13.7. The van der Waals surface area contributed by atoms with Gasteiger partial charge in [0.15, 0.2) is 0 Å². The molecule has 0 saturated heterocycles. The molecule has 2 heterocycles. The molecule has 19 heavy (non-hydrogen) atoms. The Morgan fingerprint density at radius 1 is 1.26 bits per heavy atom. The van der Waals surface area contributed by atoms with Gasteiger partial charge in [0.2, 0.25) is 0 Å². The van der Waals surface area contributed by atoms with Crippen molar-refractivity contribution >= 4 is 0 Å². The first-order valence-corrected chi connectivity index (χ1v) is 6.66. The number of aromatic nitrogens is 3. The lowest BCUT2D eigenvalue weighted by molar-refractivity contribution is 0.654. The summed E-state index contributed by atoms with van der Waals surface area (Å²) >= 11 is 0. The van der Waals surface area contributed by atoms with Gasteiger partial charge in [-0.05, 0) is 50.8 Å². The van der Waals surface area contributed by atoms with Crippen molar-refractivity contribution in [2.24, 2.45) is 5.73 Å². The van der Waals surface area contributed by atoms with Crippen LogP contribution in [0.15, 0.2) is 18.5 Å². The van der Waals surface area contributed by atoms with Crippen LogP contribution in [0.1, 0.15) is 35.0 Å². The van der Waals surface area contributed by atoms with Gasteiger partial charge in [-0.25, -0.2) is 0 Å². The number of hydrogen-bond acceptors (Lipinski definition) is 3. The zero-order valence-corrected chi connectivity index (χ0v) is 12.1. The van der Waals surface area contributed by atoms with Crippen molar-refractivity contribution in [3.63, 3.8) is 0 Å². The largest absolute Gasteiger partial charge is 0.328 e. The molecule has 2 aromatic rings. The Balaban J connectivity index is 2.26. The van der Waals surface area contributed by atoms with Gasteiger partial charge in [0.05, 0.1) is 12.2 Å². The van der Waals surface area contributed by atoms with Gasteiger partial charge in [-0.1, -0.05) is 6.07 Å². The van der Waals surface area contributed by atoms with E-state index in [1.54, 1.807) is 0 Å². The predicted molar refractivity (Wildman–Crippen MR) is 77.1 cm³/mol. The molecule has 0 aliphatic rings. The fourth-order valence-corrected chi connectivity index (χ4v) is 2.38. The average molecular weight is 258 g/mol. The van der Waals surface area contributed by atoms with E-state index in [-0.39, 0.29) is 6.04 Å². The number of rotatable bonds is 4. The highest BCUT2D eigenvalue weighted by Crippen LogP contribution is 2.16. The van der Waals surface area contributed by atoms with Gasteiger partial charge in [0.1, 0.15) is 0 Å². The number of pyridine rings is 1. The number of nitrogens with two attached hydrogens (primary N) is 1. The quantitative estimate of drug-likeness (QED) is 0.914. The summed E-state index contributed by atoms with van der Waals surface area (Å²) in [6.07, 6.45) is 4.64. The molecule has 0 aromatic carbocycles. The van der Waals surface area contributed by atoms with Gasteiger partial charge < -0.3 is 5.73 Å². The summed E-state index contributed by atoms with van der Waals surface area (Å²) in [6.45, 7) is 9.01. The molecule has 1 atom stereocenters. The molecular weight excluding hydrogens is 236 g/mol. The van der Waals surface area contributed by atoms with Gasteiger partial charge >= 0.3 is 0 Å². The summed E-state index contributed by atoms with van der Waals surface area (Å²) in [7, 11) is 0. The molecule has 0 radical (unpaired) electrons. The Morgan fingerprint density at radius 3 is 2.63 bits per heavy atom. The molecule has 0 bridgehead atoms. The molecule has 0 fully saturated rings. The van der Waals surface area contributed by atoms with E-state index in [9.17, 15) is 0 Å². The fourth-order valence-electron chi connectivity index (χ4n) is 2.38. The highest BCUT2D eigenvalue weighted by molar-refractivity contribution is 5.27. The van der Waals surface area contributed by atoms with Crippen molar-refractivity contribution in [2.45, 2.75) is 46.7 Å². The SMILES string of the molecule is Cc1cncc(Cn2nc(C)c(CC(C)N)c2C)c1. The molecule has 2 rings (SSSR count). The highest BCUT2D eigenvalue weighted by atomic mass is 15.3. The number of hydrogen-bond donors (Lipinski definition) is 1. The summed E-state index contributed by atoms with van der Waals surface area (Å²) < 4.78 is 2.05. The molecule has 102 valence electrons. The number of nitrogens with zero attached hydrogens (tertiary/aromatic N) is 3. The van der Waals surface area contributed by atoms with Gasteiger partial charge in [0.25, 0.3) is 0 Å². The zero-order chi connectivity index (χ0) is 14.0. The topological polar surface area (TPSA) is 56.7 Å². The van der Waals surface area contributed by atoms with Gasteiger partial charge in [-0.2, -0.15) is 5.10 Å². The summed E-state index contributed by atoms with van der Waals surface area (Å²) in [5, 5.41) is 4.62. The maximum absolute atomic E-state index is 5.90. The van der Waals surface area contributed by atoms with E-state index in [2.05, 4.69) is 36.9 Å². The molecule has 1 unspecified atom stereocenters. The van der Waals surface area contributed by atoms with Crippen molar-refractivity contribution in [3.05, 3.63) is 46.5 Å². The van der Waals surface area contributed by atoms with Gasteiger partial charge in [0, 0.05) is 24.1 Å². The second-order valence-electron chi connectivity index (χ2n) is 5.36. The maximum Gasteiger partial charge on any atom is 0.0677 e. The number of aryl methyl sites for hydroxylation is 2. The molecule has 4 nitrogen and oxygen atoms in total. The van der Waals surface area contributed by atoms with Crippen LogP contribution in [0, 0.1) is 20.8 Å². The summed E-state index contributed by atoms with van der Waals surface area (Å²) in [4.78, 5) is 4.23. The summed E-state index contributed by atoms with van der Waals surface area (Å²) in [6, 6.07) is 2.31. The molecule has 2 N–H and O–H groups in total. The average Bonchev–Trinajstić information content (AvgIpc) is 2.57. The normalized spacial score (nSPS) is 12.7. The smallest absolute Gasteiger partial charge is 0.0677 e. The third-order valence-electron chi connectivity index (χ3n) is 3.32. The summed E-state index contributed by atoms with van der Waals surface area (Å²) in [5.41, 5.74) is 11.8. The van der Waals surface area contributed by atoms with Crippen LogP contribution in [0.2, 0.25) is 0 Å². The molecule has 0 amide bonds. The highest BCUT2D eigenvalue weighted by Gasteiger charge is 2.13. The minimum Gasteiger partial charge on any atom is -0.328 e. The van der Waals surface area contributed by atoms with Crippen LogP contribution >= 0.6 is 0 Å². The molecule has 0 spiro atoms. The third-order valence-corrected chi connectivity index (χ3v) is 3.32. The minimum atomic E-state index is 0.163.